The van der Waals surface area contributed by atoms with Gasteiger partial charge in [0.2, 0.25) is 0 Å². The lowest BCUT2D eigenvalue weighted by Crippen LogP contribution is -2.60. The van der Waals surface area contributed by atoms with E-state index in [0.29, 0.717) is 0 Å². The summed E-state index contributed by atoms with van der Waals surface area (Å²) in [6.45, 7) is 5.45. The summed E-state index contributed by atoms with van der Waals surface area (Å²) in [6.07, 6.45) is 0. The van der Waals surface area contributed by atoms with E-state index < -0.39 is 0 Å². The van der Waals surface area contributed by atoms with E-state index in [9.17, 15) is 5.11 Å². The van der Waals surface area contributed by atoms with E-state index in [1.165, 1.54) is 0 Å². The average Bonchev–Trinajstić information content (AvgIpc) is 1.98. The van der Waals surface area contributed by atoms with Crippen LogP contribution in [0.4, 0.5) is 0 Å². The standard InChI is InChI=1S/C8H18N2O/c1-8(7-11)6-9(2)4-5-10(8)3/h11H,4-7H2,1-3H3/t8-/m0/s1. The van der Waals surface area contributed by atoms with Gasteiger partial charge in [-0.3, -0.25) is 4.90 Å². The Hall–Kier alpha value is -0.120. The zero-order valence-corrected chi connectivity index (χ0v) is 7.67. The topological polar surface area (TPSA) is 26.7 Å². The fraction of sp³-hybridized carbons (Fsp3) is 1.00. The molecule has 0 amide bonds. The van der Waals surface area contributed by atoms with E-state index in [1.54, 1.807) is 0 Å². The summed E-state index contributed by atoms with van der Waals surface area (Å²) in [5.74, 6) is 0. The molecule has 11 heavy (non-hydrogen) atoms. The van der Waals surface area contributed by atoms with Crippen LogP contribution in [0.25, 0.3) is 0 Å². The van der Waals surface area contributed by atoms with Crippen molar-refractivity contribution < 1.29 is 5.11 Å². The van der Waals surface area contributed by atoms with E-state index >= 15 is 0 Å². The Morgan fingerprint density at radius 2 is 2.00 bits per heavy atom. The molecule has 1 heterocycles. The number of likely N-dealkylation sites (N-methyl/N-ethyl adjacent to an activating group) is 2. The normalized spacial score (nSPS) is 36.0. The second kappa shape index (κ2) is 3.09. The molecule has 0 aromatic rings. The number of aliphatic hydroxyl groups excluding tert-OH is 1. The van der Waals surface area contributed by atoms with Crippen LogP contribution < -0.4 is 0 Å². The van der Waals surface area contributed by atoms with Gasteiger partial charge in [-0.1, -0.05) is 0 Å². The summed E-state index contributed by atoms with van der Waals surface area (Å²) in [5, 5.41) is 9.17. The highest BCUT2D eigenvalue weighted by Gasteiger charge is 2.33. The summed E-state index contributed by atoms with van der Waals surface area (Å²) in [7, 11) is 4.17. The van der Waals surface area contributed by atoms with Crippen LogP contribution >= 0.6 is 0 Å². The largest absolute Gasteiger partial charge is 0.394 e. The molecule has 0 saturated carbocycles. The first-order valence-corrected chi connectivity index (χ1v) is 4.09. The summed E-state index contributed by atoms with van der Waals surface area (Å²) < 4.78 is 0. The van der Waals surface area contributed by atoms with E-state index in [0.717, 1.165) is 19.6 Å². The average molecular weight is 158 g/mol. The molecule has 0 unspecified atom stereocenters. The molecule has 1 atom stereocenters. The van der Waals surface area contributed by atoms with Gasteiger partial charge in [-0.15, -0.1) is 0 Å². The number of hydrogen-bond acceptors (Lipinski definition) is 3. The maximum Gasteiger partial charge on any atom is 0.0625 e. The molecule has 0 aliphatic carbocycles. The number of piperazine rings is 1. The van der Waals surface area contributed by atoms with Crippen molar-refractivity contribution in [2.24, 2.45) is 0 Å². The Labute approximate surface area is 68.6 Å². The maximum absolute atomic E-state index is 9.17. The SMILES string of the molecule is CN1CCN(C)[C@](C)(CO)C1. The van der Waals surface area contributed by atoms with Crippen molar-refractivity contribution >= 4 is 0 Å². The second-order valence-corrected chi connectivity index (χ2v) is 3.81. The molecule has 1 fully saturated rings. The van der Waals surface area contributed by atoms with Crippen molar-refractivity contribution in [3.05, 3.63) is 0 Å². The molecule has 1 aliphatic heterocycles. The highest BCUT2D eigenvalue weighted by atomic mass is 16.3. The van der Waals surface area contributed by atoms with Gasteiger partial charge < -0.3 is 10.0 Å². The second-order valence-electron chi connectivity index (χ2n) is 3.81. The summed E-state index contributed by atoms with van der Waals surface area (Å²) in [4.78, 5) is 4.49. The Balaban J connectivity index is 2.60. The number of aliphatic hydroxyl groups is 1. The van der Waals surface area contributed by atoms with Crippen molar-refractivity contribution in [1.82, 2.24) is 9.80 Å². The van der Waals surface area contributed by atoms with Crippen LogP contribution in [0.5, 0.6) is 0 Å². The molecule has 3 nitrogen and oxygen atoms in total. The van der Waals surface area contributed by atoms with Gasteiger partial charge in [0.1, 0.15) is 0 Å². The van der Waals surface area contributed by atoms with Crippen molar-refractivity contribution in [3.63, 3.8) is 0 Å². The zero-order valence-electron chi connectivity index (χ0n) is 7.67. The predicted molar refractivity (Wildman–Crippen MR) is 45.6 cm³/mol. The summed E-state index contributed by atoms with van der Waals surface area (Å²) >= 11 is 0. The van der Waals surface area contributed by atoms with Gasteiger partial charge in [0.05, 0.1) is 12.1 Å². The third-order valence-electron chi connectivity index (χ3n) is 2.69. The molecule has 0 radical (unpaired) electrons. The van der Waals surface area contributed by atoms with Gasteiger partial charge in [-0.25, -0.2) is 0 Å². The summed E-state index contributed by atoms with van der Waals surface area (Å²) in [5.41, 5.74) is -0.0347. The molecular formula is C8H18N2O. The first kappa shape index (κ1) is 8.97. The quantitative estimate of drug-likeness (QED) is 0.563. The lowest BCUT2D eigenvalue weighted by atomic mass is 9.99. The zero-order chi connectivity index (χ0) is 8.48. The van der Waals surface area contributed by atoms with Gasteiger partial charge in [0.25, 0.3) is 0 Å². The van der Waals surface area contributed by atoms with E-state index in [-0.39, 0.29) is 12.1 Å². The van der Waals surface area contributed by atoms with Crippen LogP contribution in [-0.4, -0.2) is 60.8 Å². The molecule has 1 aliphatic rings. The fourth-order valence-electron chi connectivity index (χ4n) is 1.54. The van der Waals surface area contributed by atoms with Crippen molar-refractivity contribution in [2.75, 3.05) is 40.3 Å². The minimum Gasteiger partial charge on any atom is -0.394 e. The Bertz CT molecular complexity index is 140. The van der Waals surface area contributed by atoms with Crippen molar-refractivity contribution in [1.29, 1.82) is 0 Å². The highest BCUT2D eigenvalue weighted by molar-refractivity contribution is 4.90. The number of rotatable bonds is 1. The third kappa shape index (κ3) is 1.72. The minimum absolute atomic E-state index is 0.0347. The van der Waals surface area contributed by atoms with Gasteiger partial charge in [-0.2, -0.15) is 0 Å². The maximum atomic E-state index is 9.17. The smallest absolute Gasteiger partial charge is 0.0625 e. The van der Waals surface area contributed by atoms with Crippen LogP contribution in [0.1, 0.15) is 6.92 Å². The Morgan fingerprint density at radius 1 is 1.36 bits per heavy atom. The molecule has 66 valence electrons. The first-order chi connectivity index (χ1) is 5.08. The fourth-order valence-corrected chi connectivity index (χ4v) is 1.54. The first-order valence-electron chi connectivity index (χ1n) is 4.09. The number of nitrogens with zero attached hydrogens (tertiary/aromatic N) is 2. The third-order valence-corrected chi connectivity index (χ3v) is 2.69. The van der Waals surface area contributed by atoms with Crippen LogP contribution in [0, 0.1) is 0 Å². The molecule has 1 saturated heterocycles. The van der Waals surface area contributed by atoms with Crippen molar-refractivity contribution in [3.8, 4) is 0 Å². The van der Waals surface area contributed by atoms with Crippen LogP contribution in [0.3, 0.4) is 0 Å². The van der Waals surface area contributed by atoms with E-state index in [2.05, 4.69) is 30.8 Å². The van der Waals surface area contributed by atoms with Crippen LogP contribution in [0.2, 0.25) is 0 Å². The van der Waals surface area contributed by atoms with Gasteiger partial charge in [-0.05, 0) is 21.0 Å². The highest BCUT2D eigenvalue weighted by Crippen LogP contribution is 2.17. The van der Waals surface area contributed by atoms with Crippen LogP contribution in [-0.2, 0) is 0 Å². The molecule has 0 bridgehead atoms. The van der Waals surface area contributed by atoms with Gasteiger partial charge in [0, 0.05) is 19.6 Å². The van der Waals surface area contributed by atoms with Gasteiger partial charge in [0.15, 0.2) is 0 Å². The van der Waals surface area contributed by atoms with Crippen molar-refractivity contribution in [2.45, 2.75) is 12.5 Å². The Morgan fingerprint density at radius 3 is 2.45 bits per heavy atom. The summed E-state index contributed by atoms with van der Waals surface area (Å²) in [6, 6.07) is 0. The molecule has 0 aromatic carbocycles. The van der Waals surface area contributed by atoms with E-state index in [1.807, 2.05) is 0 Å². The lowest BCUT2D eigenvalue weighted by Gasteiger charge is -2.45. The molecular weight excluding hydrogens is 140 g/mol. The Kier molecular flexibility index (Phi) is 2.52. The monoisotopic (exact) mass is 158 g/mol. The molecule has 0 aromatic heterocycles. The van der Waals surface area contributed by atoms with Gasteiger partial charge >= 0.3 is 0 Å². The lowest BCUT2D eigenvalue weighted by molar-refractivity contribution is -0.000722. The molecule has 1 rings (SSSR count). The predicted octanol–water partition coefficient (Wildman–Crippen LogP) is -0.385. The minimum atomic E-state index is -0.0347. The van der Waals surface area contributed by atoms with E-state index in [4.69, 9.17) is 0 Å². The number of hydrogen-bond donors (Lipinski definition) is 1. The molecule has 3 heteroatoms. The molecule has 0 spiro atoms. The molecule has 1 N–H and O–H groups in total. The van der Waals surface area contributed by atoms with Crippen LogP contribution in [0.15, 0.2) is 0 Å².